The zero-order valence-electron chi connectivity index (χ0n) is 17.2. The Hall–Kier alpha value is -2.21. The topological polar surface area (TPSA) is 56.1 Å². The predicted molar refractivity (Wildman–Crippen MR) is 107 cm³/mol. The van der Waals surface area contributed by atoms with Gasteiger partial charge in [0.05, 0.1) is 18.3 Å². The molecule has 152 valence electrons. The van der Waals surface area contributed by atoms with Crippen LogP contribution in [0.15, 0.2) is 30.3 Å². The summed E-state index contributed by atoms with van der Waals surface area (Å²) in [6, 6.07) is 8.34. The third-order valence-electron chi connectivity index (χ3n) is 5.37. The molecule has 0 radical (unpaired) electrons. The van der Waals surface area contributed by atoms with E-state index in [9.17, 15) is 9.18 Å². The molecule has 2 aromatic rings. The summed E-state index contributed by atoms with van der Waals surface area (Å²) in [5.74, 6) is -0.379. The largest absolute Gasteiger partial charge is 0.381 e. The lowest BCUT2D eigenvalue weighted by molar-refractivity contribution is 0.0597. The van der Waals surface area contributed by atoms with Gasteiger partial charge in [-0.2, -0.15) is 5.10 Å². The minimum absolute atomic E-state index is 0.106. The first-order chi connectivity index (χ1) is 13.3. The second-order valence-electron chi connectivity index (χ2n) is 8.63. The van der Waals surface area contributed by atoms with Crippen molar-refractivity contribution in [3.05, 3.63) is 53.1 Å². The molecule has 0 bridgehead atoms. The monoisotopic (exact) mass is 387 g/mol. The lowest BCUT2D eigenvalue weighted by Crippen LogP contribution is -2.39. The maximum atomic E-state index is 13.2. The standard InChI is InChI=1S/C22H30FN3O2/c1-22(2,3)20-13-19(21(27)24-17-9-11-18(28-4)12-10-17)26(25-20)14-15-5-7-16(23)8-6-15/h5-8,13,17-18H,9-12,14H2,1-4H3,(H,24,27). The Morgan fingerprint density at radius 2 is 1.86 bits per heavy atom. The number of rotatable bonds is 5. The van der Waals surface area contributed by atoms with Crippen molar-refractivity contribution < 1.29 is 13.9 Å². The van der Waals surface area contributed by atoms with Gasteiger partial charge in [-0.05, 0) is 49.4 Å². The van der Waals surface area contributed by atoms with Crippen LogP contribution in [0, 0.1) is 5.82 Å². The van der Waals surface area contributed by atoms with E-state index < -0.39 is 0 Å². The minimum atomic E-state index is -0.274. The zero-order chi connectivity index (χ0) is 20.3. The van der Waals surface area contributed by atoms with Crippen LogP contribution in [-0.2, 0) is 16.7 Å². The average Bonchev–Trinajstić information content (AvgIpc) is 3.09. The van der Waals surface area contributed by atoms with Crippen LogP contribution in [0.1, 0.15) is 68.2 Å². The molecule has 1 amide bonds. The highest BCUT2D eigenvalue weighted by Crippen LogP contribution is 2.24. The maximum absolute atomic E-state index is 13.2. The molecule has 1 fully saturated rings. The van der Waals surface area contributed by atoms with E-state index in [0.717, 1.165) is 36.9 Å². The summed E-state index contributed by atoms with van der Waals surface area (Å²) >= 11 is 0. The highest BCUT2D eigenvalue weighted by Gasteiger charge is 2.26. The van der Waals surface area contributed by atoms with Gasteiger partial charge in [0.1, 0.15) is 11.5 Å². The molecule has 1 aliphatic rings. The number of halogens is 1. The summed E-state index contributed by atoms with van der Waals surface area (Å²) in [5.41, 5.74) is 2.14. The van der Waals surface area contributed by atoms with E-state index in [1.807, 2.05) is 6.07 Å². The molecule has 0 unspecified atom stereocenters. The van der Waals surface area contributed by atoms with Crippen LogP contribution in [0.5, 0.6) is 0 Å². The van der Waals surface area contributed by atoms with Crippen molar-refractivity contribution in [1.29, 1.82) is 0 Å². The van der Waals surface area contributed by atoms with Crippen molar-refractivity contribution in [3.63, 3.8) is 0 Å². The molecule has 0 atom stereocenters. The van der Waals surface area contributed by atoms with Crippen LogP contribution < -0.4 is 5.32 Å². The Bertz CT molecular complexity index is 800. The van der Waals surface area contributed by atoms with E-state index in [1.54, 1.807) is 23.9 Å². The summed E-state index contributed by atoms with van der Waals surface area (Å²) in [5, 5.41) is 7.85. The van der Waals surface area contributed by atoms with E-state index >= 15 is 0 Å². The fourth-order valence-corrected chi connectivity index (χ4v) is 3.55. The highest BCUT2D eigenvalue weighted by atomic mass is 19.1. The molecule has 1 saturated carbocycles. The van der Waals surface area contributed by atoms with Gasteiger partial charge in [-0.15, -0.1) is 0 Å². The van der Waals surface area contributed by atoms with E-state index in [-0.39, 0.29) is 23.2 Å². The molecule has 1 aliphatic carbocycles. The molecular weight excluding hydrogens is 357 g/mol. The van der Waals surface area contributed by atoms with Crippen LogP contribution in [0.3, 0.4) is 0 Å². The summed E-state index contributed by atoms with van der Waals surface area (Å²) in [4.78, 5) is 13.0. The average molecular weight is 387 g/mol. The van der Waals surface area contributed by atoms with Crippen molar-refractivity contribution >= 4 is 5.91 Å². The first kappa shape index (κ1) is 20.5. The SMILES string of the molecule is COC1CCC(NC(=O)c2cc(C(C)(C)C)nn2Cc2ccc(F)cc2)CC1. The quantitative estimate of drug-likeness (QED) is 0.842. The van der Waals surface area contributed by atoms with Gasteiger partial charge in [-0.1, -0.05) is 32.9 Å². The molecule has 3 rings (SSSR count). The Labute approximate surface area is 166 Å². The van der Waals surface area contributed by atoms with E-state index in [0.29, 0.717) is 18.3 Å². The van der Waals surface area contributed by atoms with Crippen LogP contribution in [0.25, 0.3) is 0 Å². The first-order valence-corrected chi connectivity index (χ1v) is 9.92. The smallest absolute Gasteiger partial charge is 0.269 e. The van der Waals surface area contributed by atoms with Gasteiger partial charge in [0.15, 0.2) is 0 Å². The number of amides is 1. The number of hydrogen-bond donors (Lipinski definition) is 1. The van der Waals surface area contributed by atoms with Crippen molar-refractivity contribution in [3.8, 4) is 0 Å². The number of nitrogens with zero attached hydrogens (tertiary/aromatic N) is 2. The Morgan fingerprint density at radius 1 is 1.21 bits per heavy atom. The molecule has 1 aromatic heterocycles. The van der Waals surface area contributed by atoms with Gasteiger partial charge in [0, 0.05) is 18.6 Å². The van der Waals surface area contributed by atoms with Gasteiger partial charge < -0.3 is 10.1 Å². The number of nitrogens with one attached hydrogen (secondary N) is 1. The molecule has 5 nitrogen and oxygen atoms in total. The molecular formula is C22H30FN3O2. The second kappa shape index (κ2) is 8.43. The predicted octanol–water partition coefficient (Wildman–Crippen LogP) is 4.06. The number of carbonyl (C=O) groups is 1. The molecule has 1 N–H and O–H groups in total. The fourth-order valence-electron chi connectivity index (χ4n) is 3.55. The number of methoxy groups -OCH3 is 1. The zero-order valence-corrected chi connectivity index (χ0v) is 17.2. The van der Waals surface area contributed by atoms with E-state index in [1.165, 1.54) is 12.1 Å². The number of aromatic nitrogens is 2. The van der Waals surface area contributed by atoms with Crippen molar-refractivity contribution in [2.75, 3.05) is 7.11 Å². The van der Waals surface area contributed by atoms with Crippen LogP contribution in [0.2, 0.25) is 0 Å². The number of hydrogen-bond acceptors (Lipinski definition) is 3. The number of ether oxygens (including phenoxy) is 1. The molecule has 1 heterocycles. The third-order valence-corrected chi connectivity index (χ3v) is 5.37. The molecule has 28 heavy (non-hydrogen) atoms. The Kier molecular flexibility index (Phi) is 6.18. The molecule has 0 aliphatic heterocycles. The van der Waals surface area contributed by atoms with Gasteiger partial charge >= 0.3 is 0 Å². The summed E-state index contributed by atoms with van der Waals surface area (Å²) in [6.45, 7) is 6.65. The number of carbonyl (C=O) groups excluding carboxylic acids is 1. The first-order valence-electron chi connectivity index (χ1n) is 9.92. The Morgan fingerprint density at radius 3 is 2.43 bits per heavy atom. The molecule has 1 aromatic carbocycles. The second-order valence-corrected chi connectivity index (χ2v) is 8.63. The van der Waals surface area contributed by atoms with E-state index in [2.05, 4.69) is 31.2 Å². The van der Waals surface area contributed by atoms with Gasteiger partial charge in [0.2, 0.25) is 0 Å². The summed E-state index contributed by atoms with van der Waals surface area (Å²) in [7, 11) is 1.74. The number of benzene rings is 1. The minimum Gasteiger partial charge on any atom is -0.381 e. The van der Waals surface area contributed by atoms with Crippen LogP contribution in [0.4, 0.5) is 4.39 Å². The van der Waals surface area contributed by atoms with E-state index in [4.69, 9.17) is 4.74 Å². The molecule has 6 heteroatoms. The van der Waals surface area contributed by atoms with Crippen LogP contribution >= 0.6 is 0 Å². The van der Waals surface area contributed by atoms with Crippen molar-refractivity contribution in [1.82, 2.24) is 15.1 Å². The van der Waals surface area contributed by atoms with Gasteiger partial charge in [0.25, 0.3) is 5.91 Å². The normalized spacial score (nSPS) is 20.2. The molecule has 0 spiro atoms. The maximum Gasteiger partial charge on any atom is 0.269 e. The van der Waals surface area contributed by atoms with Gasteiger partial charge in [-0.3, -0.25) is 9.48 Å². The lowest BCUT2D eigenvalue weighted by atomic mass is 9.92. The van der Waals surface area contributed by atoms with Crippen molar-refractivity contribution in [2.45, 2.75) is 70.6 Å². The summed E-state index contributed by atoms with van der Waals surface area (Å²) in [6.07, 6.45) is 4.06. The van der Waals surface area contributed by atoms with Crippen LogP contribution in [-0.4, -0.2) is 34.9 Å². The lowest BCUT2D eigenvalue weighted by Gasteiger charge is -2.28. The fraction of sp³-hybridized carbons (Fsp3) is 0.545. The highest BCUT2D eigenvalue weighted by molar-refractivity contribution is 5.93. The third kappa shape index (κ3) is 4.98. The van der Waals surface area contributed by atoms with Crippen molar-refractivity contribution in [2.24, 2.45) is 0 Å². The summed E-state index contributed by atoms with van der Waals surface area (Å²) < 4.78 is 20.3. The molecule has 0 saturated heterocycles. The van der Waals surface area contributed by atoms with Gasteiger partial charge in [-0.25, -0.2) is 4.39 Å². The Balaban J connectivity index is 1.79.